The van der Waals surface area contributed by atoms with Crippen molar-refractivity contribution in [2.75, 3.05) is 6.61 Å². The predicted octanol–water partition coefficient (Wildman–Crippen LogP) is 4.03. The smallest absolute Gasteiger partial charge is 0.402 e. The van der Waals surface area contributed by atoms with Crippen LogP contribution in [0.1, 0.15) is 66.2 Å². The Hall–Kier alpha value is -0.770. The molecule has 0 atom stereocenters. The molecule has 1 aliphatic carbocycles. The number of primary amides is 1. The van der Waals surface area contributed by atoms with Gasteiger partial charge in [-0.05, 0) is 43.9 Å². The minimum atomic E-state index is -1.33. The molecule has 0 aromatic rings. The molecule has 1 saturated carbocycles. The van der Waals surface area contributed by atoms with Crippen LogP contribution in [-0.4, -0.2) is 23.9 Å². The second kappa shape index (κ2) is 9.18. The Morgan fingerprint density at radius 3 is 1.95 bits per heavy atom. The second-order valence-electron chi connectivity index (χ2n) is 5.63. The first kappa shape index (κ1) is 18.2. The van der Waals surface area contributed by atoms with E-state index < -0.39 is 6.09 Å². The number of carboxylic acid groups (broad SMARTS) is 1. The van der Waals surface area contributed by atoms with Crippen molar-refractivity contribution in [2.45, 2.75) is 72.3 Å². The molecule has 1 amide bonds. The van der Waals surface area contributed by atoms with Crippen LogP contribution >= 0.6 is 0 Å². The molecule has 0 aliphatic heterocycles. The number of nitrogens with two attached hydrogens (primary N) is 1. The molecule has 0 heterocycles. The van der Waals surface area contributed by atoms with E-state index in [9.17, 15) is 0 Å². The molecule has 1 aliphatic rings. The third-order valence-corrected chi connectivity index (χ3v) is 4.68. The Balaban J connectivity index is 0.000000711. The lowest BCUT2D eigenvalue weighted by atomic mass is 9.66. The van der Waals surface area contributed by atoms with Gasteiger partial charge < -0.3 is 15.6 Å². The highest BCUT2D eigenvalue weighted by Gasteiger charge is 2.33. The van der Waals surface area contributed by atoms with Gasteiger partial charge in [-0.15, -0.1) is 0 Å². The summed E-state index contributed by atoms with van der Waals surface area (Å²) in [4.78, 5) is 8.78. The summed E-state index contributed by atoms with van der Waals surface area (Å²) >= 11 is 0. The van der Waals surface area contributed by atoms with Crippen molar-refractivity contribution in [1.82, 2.24) is 0 Å². The molecule has 0 aromatic carbocycles. The van der Waals surface area contributed by atoms with Crippen molar-refractivity contribution in [3.63, 3.8) is 0 Å². The number of rotatable bonds is 5. The van der Waals surface area contributed by atoms with Crippen molar-refractivity contribution < 1.29 is 14.6 Å². The topological polar surface area (TPSA) is 72.5 Å². The number of hydrogen-bond donors (Lipinski definition) is 2. The van der Waals surface area contributed by atoms with E-state index in [4.69, 9.17) is 14.6 Å². The highest BCUT2D eigenvalue weighted by atomic mass is 16.5. The van der Waals surface area contributed by atoms with Crippen LogP contribution in [0.15, 0.2) is 0 Å². The molecule has 114 valence electrons. The molecule has 19 heavy (non-hydrogen) atoms. The predicted molar refractivity (Wildman–Crippen MR) is 78.3 cm³/mol. The summed E-state index contributed by atoms with van der Waals surface area (Å²) in [6.07, 6.45) is 7.21. The molecule has 1 fully saturated rings. The zero-order valence-electron chi connectivity index (χ0n) is 12.9. The second-order valence-corrected chi connectivity index (χ2v) is 5.63. The summed E-state index contributed by atoms with van der Waals surface area (Å²) in [7, 11) is 0. The average molecular weight is 273 g/mol. The maximum absolute atomic E-state index is 8.78. The van der Waals surface area contributed by atoms with E-state index in [1.54, 1.807) is 0 Å². The molecule has 1 rings (SSSR count). The van der Waals surface area contributed by atoms with Gasteiger partial charge in [0.2, 0.25) is 0 Å². The molecular formula is C15H31NO3. The highest BCUT2D eigenvalue weighted by Crippen LogP contribution is 2.43. The molecule has 0 radical (unpaired) electrons. The Kier molecular flexibility index (Phi) is 8.81. The van der Waals surface area contributed by atoms with Crippen LogP contribution in [0.4, 0.5) is 4.79 Å². The molecule has 0 bridgehead atoms. The lowest BCUT2D eigenvalue weighted by Crippen LogP contribution is -2.32. The summed E-state index contributed by atoms with van der Waals surface area (Å²) in [5.41, 5.74) is 4.61. The first-order chi connectivity index (χ1) is 8.89. The Morgan fingerprint density at radius 1 is 1.21 bits per heavy atom. The van der Waals surface area contributed by atoms with E-state index in [2.05, 4.69) is 33.4 Å². The number of amides is 1. The lowest BCUT2D eigenvalue weighted by molar-refractivity contribution is 0.00229. The van der Waals surface area contributed by atoms with Gasteiger partial charge in [0.05, 0.1) is 6.10 Å². The molecular weight excluding hydrogens is 242 g/mol. The summed E-state index contributed by atoms with van der Waals surface area (Å²) < 4.78 is 5.71. The standard InChI is InChI=1S/C14H28O.CH3NO2/c1-5-14(4,6-2)12-8-10-13(11-9-12)15-7-3;2-1(3)4/h12-13H,5-11H2,1-4H3;2H2,(H,3,4). The monoisotopic (exact) mass is 273 g/mol. The normalized spacial score (nSPS) is 23.4. The van der Waals surface area contributed by atoms with Gasteiger partial charge in [-0.2, -0.15) is 0 Å². The zero-order valence-corrected chi connectivity index (χ0v) is 12.9. The van der Waals surface area contributed by atoms with E-state index >= 15 is 0 Å². The van der Waals surface area contributed by atoms with Crippen molar-refractivity contribution in [3.8, 4) is 0 Å². The summed E-state index contributed by atoms with van der Waals surface area (Å²) in [6.45, 7) is 10.2. The Labute approximate surface area is 117 Å². The van der Waals surface area contributed by atoms with Gasteiger partial charge in [0.1, 0.15) is 0 Å². The summed E-state index contributed by atoms with van der Waals surface area (Å²) in [5, 5.41) is 7.19. The van der Waals surface area contributed by atoms with E-state index in [1.807, 2.05) is 0 Å². The van der Waals surface area contributed by atoms with Gasteiger partial charge in [0.25, 0.3) is 0 Å². The van der Waals surface area contributed by atoms with Gasteiger partial charge in [-0.3, -0.25) is 0 Å². The first-order valence-corrected chi connectivity index (χ1v) is 7.49. The minimum Gasteiger partial charge on any atom is -0.465 e. The zero-order chi connectivity index (χ0) is 14.9. The fourth-order valence-electron chi connectivity index (χ4n) is 2.99. The quantitative estimate of drug-likeness (QED) is 0.794. The van der Waals surface area contributed by atoms with E-state index in [0.717, 1.165) is 12.5 Å². The highest BCUT2D eigenvalue weighted by molar-refractivity contribution is 5.61. The molecule has 4 nitrogen and oxygen atoms in total. The third-order valence-electron chi connectivity index (χ3n) is 4.68. The van der Waals surface area contributed by atoms with Crippen molar-refractivity contribution in [1.29, 1.82) is 0 Å². The fourth-order valence-corrected chi connectivity index (χ4v) is 2.99. The molecule has 0 spiro atoms. The van der Waals surface area contributed by atoms with Crippen LogP contribution < -0.4 is 5.73 Å². The third kappa shape index (κ3) is 6.81. The molecule has 4 heteroatoms. The van der Waals surface area contributed by atoms with Crippen LogP contribution in [-0.2, 0) is 4.74 Å². The van der Waals surface area contributed by atoms with E-state index in [0.29, 0.717) is 11.5 Å². The van der Waals surface area contributed by atoms with Gasteiger partial charge in [-0.1, -0.05) is 33.6 Å². The number of ether oxygens (including phenoxy) is 1. The fraction of sp³-hybridized carbons (Fsp3) is 0.933. The van der Waals surface area contributed by atoms with E-state index in [-0.39, 0.29) is 0 Å². The van der Waals surface area contributed by atoms with E-state index in [1.165, 1.54) is 38.5 Å². The maximum atomic E-state index is 8.78. The average Bonchev–Trinajstić information content (AvgIpc) is 2.38. The number of carbonyl (C=O) groups is 1. The maximum Gasteiger partial charge on any atom is 0.402 e. The lowest BCUT2D eigenvalue weighted by Gasteiger charge is -2.40. The number of hydrogen-bond acceptors (Lipinski definition) is 2. The largest absolute Gasteiger partial charge is 0.465 e. The van der Waals surface area contributed by atoms with Gasteiger partial charge in [-0.25, -0.2) is 4.79 Å². The molecule has 0 saturated heterocycles. The van der Waals surface area contributed by atoms with Crippen molar-refractivity contribution >= 4 is 6.09 Å². The minimum absolute atomic E-state index is 0.559. The SMILES string of the molecule is CCOC1CCC(C(C)(CC)CC)CC1.NC(=O)O. The van der Waals surface area contributed by atoms with Gasteiger partial charge >= 0.3 is 6.09 Å². The van der Waals surface area contributed by atoms with Crippen LogP contribution in [0.3, 0.4) is 0 Å². The molecule has 3 N–H and O–H groups in total. The first-order valence-electron chi connectivity index (χ1n) is 7.49. The Morgan fingerprint density at radius 2 is 1.63 bits per heavy atom. The molecule has 0 aromatic heterocycles. The van der Waals surface area contributed by atoms with Crippen LogP contribution in [0.2, 0.25) is 0 Å². The van der Waals surface area contributed by atoms with Crippen molar-refractivity contribution in [2.24, 2.45) is 17.1 Å². The Bertz CT molecular complexity index is 240. The van der Waals surface area contributed by atoms with Crippen LogP contribution in [0.5, 0.6) is 0 Å². The summed E-state index contributed by atoms with van der Waals surface area (Å²) in [6, 6.07) is 0. The summed E-state index contributed by atoms with van der Waals surface area (Å²) in [5.74, 6) is 0.934. The van der Waals surface area contributed by atoms with Crippen LogP contribution in [0.25, 0.3) is 0 Å². The van der Waals surface area contributed by atoms with Crippen molar-refractivity contribution in [3.05, 3.63) is 0 Å². The van der Waals surface area contributed by atoms with Crippen LogP contribution in [0, 0.1) is 11.3 Å². The molecule has 0 unspecified atom stereocenters. The van der Waals surface area contributed by atoms with Gasteiger partial charge in [0.15, 0.2) is 0 Å². The van der Waals surface area contributed by atoms with Gasteiger partial charge in [0, 0.05) is 6.61 Å².